The molecule has 1 aromatic heterocycles. The first-order chi connectivity index (χ1) is 16.5. The summed E-state index contributed by atoms with van der Waals surface area (Å²) in [4.78, 5) is 19.9. The molecule has 0 spiro atoms. The van der Waals surface area contributed by atoms with Gasteiger partial charge in [-0.3, -0.25) is 0 Å². The standard InChI is InChI=1S/C27H20F2N4O/c28-21-6-1-3-17(13-21)16-30-27(34)31-23-10-7-18(8-11-23)19-4-2-5-20(14-19)26-32-24-12-9-22(29)15-25(24)33-26/h1-15H,16H2,(H,32,33)(H2,30,31,34). The molecule has 5 nitrogen and oxygen atoms in total. The Morgan fingerprint density at radius 3 is 2.38 bits per heavy atom. The molecule has 3 N–H and O–H groups in total. The minimum absolute atomic E-state index is 0.225. The Morgan fingerprint density at radius 2 is 1.56 bits per heavy atom. The van der Waals surface area contributed by atoms with E-state index in [1.165, 1.54) is 24.3 Å². The van der Waals surface area contributed by atoms with Crippen LogP contribution in [0.1, 0.15) is 5.56 Å². The first-order valence-corrected chi connectivity index (χ1v) is 10.7. The van der Waals surface area contributed by atoms with E-state index in [-0.39, 0.29) is 24.2 Å². The number of imidazole rings is 1. The molecule has 0 radical (unpaired) electrons. The fourth-order valence-electron chi connectivity index (χ4n) is 3.72. The Bertz CT molecular complexity index is 1480. The number of halogens is 2. The number of urea groups is 1. The Morgan fingerprint density at radius 1 is 0.794 bits per heavy atom. The van der Waals surface area contributed by atoms with Crippen molar-refractivity contribution in [1.29, 1.82) is 0 Å². The third-order valence-corrected chi connectivity index (χ3v) is 5.40. The molecule has 0 unspecified atom stereocenters. The SMILES string of the molecule is O=C(NCc1cccc(F)c1)Nc1ccc(-c2cccc(-c3nc4ccc(F)cc4[nH]3)c2)cc1. The van der Waals surface area contributed by atoms with Gasteiger partial charge in [-0.05, 0) is 65.2 Å². The molecular formula is C27H20F2N4O. The van der Waals surface area contributed by atoms with Crippen molar-refractivity contribution < 1.29 is 13.6 Å². The van der Waals surface area contributed by atoms with Crippen LogP contribution in [0, 0.1) is 11.6 Å². The fraction of sp³-hybridized carbons (Fsp3) is 0.0370. The van der Waals surface area contributed by atoms with E-state index in [0.29, 0.717) is 28.1 Å². The van der Waals surface area contributed by atoms with Gasteiger partial charge in [0.2, 0.25) is 0 Å². The number of amides is 2. The minimum atomic E-state index is -0.375. The number of carbonyl (C=O) groups excluding carboxylic acids is 1. The highest BCUT2D eigenvalue weighted by Gasteiger charge is 2.08. The molecule has 4 aromatic carbocycles. The van der Waals surface area contributed by atoms with Gasteiger partial charge in [-0.1, -0.05) is 42.5 Å². The predicted octanol–water partition coefficient (Wildman–Crippen LogP) is 6.50. The largest absolute Gasteiger partial charge is 0.338 e. The number of rotatable bonds is 5. The maximum Gasteiger partial charge on any atom is 0.319 e. The van der Waals surface area contributed by atoms with Crippen LogP contribution in [0.15, 0.2) is 91.0 Å². The second-order valence-corrected chi connectivity index (χ2v) is 7.84. The molecule has 34 heavy (non-hydrogen) atoms. The zero-order chi connectivity index (χ0) is 23.5. The van der Waals surface area contributed by atoms with E-state index >= 15 is 0 Å². The monoisotopic (exact) mass is 454 g/mol. The van der Waals surface area contributed by atoms with E-state index < -0.39 is 0 Å². The number of nitrogens with one attached hydrogen (secondary N) is 3. The van der Waals surface area contributed by atoms with E-state index in [0.717, 1.165) is 16.7 Å². The lowest BCUT2D eigenvalue weighted by molar-refractivity contribution is 0.251. The molecule has 0 saturated carbocycles. The molecule has 0 saturated heterocycles. The topological polar surface area (TPSA) is 69.8 Å². The van der Waals surface area contributed by atoms with Crippen molar-refractivity contribution >= 4 is 22.8 Å². The van der Waals surface area contributed by atoms with E-state index in [9.17, 15) is 13.6 Å². The number of aromatic amines is 1. The minimum Gasteiger partial charge on any atom is -0.338 e. The fourth-order valence-corrected chi connectivity index (χ4v) is 3.72. The molecule has 1 heterocycles. The maximum absolute atomic E-state index is 13.5. The highest BCUT2D eigenvalue weighted by molar-refractivity contribution is 5.89. The van der Waals surface area contributed by atoms with Gasteiger partial charge >= 0.3 is 6.03 Å². The maximum atomic E-state index is 13.5. The lowest BCUT2D eigenvalue weighted by Gasteiger charge is -2.09. The van der Waals surface area contributed by atoms with Crippen molar-refractivity contribution in [3.8, 4) is 22.5 Å². The van der Waals surface area contributed by atoms with Gasteiger partial charge in [-0.2, -0.15) is 0 Å². The highest BCUT2D eigenvalue weighted by Crippen LogP contribution is 2.27. The molecule has 0 aliphatic heterocycles. The highest BCUT2D eigenvalue weighted by atomic mass is 19.1. The van der Waals surface area contributed by atoms with Gasteiger partial charge in [-0.25, -0.2) is 18.6 Å². The second-order valence-electron chi connectivity index (χ2n) is 7.84. The van der Waals surface area contributed by atoms with Crippen molar-refractivity contribution in [2.75, 3.05) is 5.32 Å². The molecule has 0 aliphatic rings. The average Bonchev–Trinajstić information content (AvgIpc) is 3.27. The van der Waals surface area contributed by atoms with E-state index in [1.807, 2.05) is 48.5 Å². The van der Waals surface area contributed by atoms with Gasteiger partial charge in [-0.15, -0.1) is 0 Å². The Balaban J connectivity index is 1.27. The van der Waals surface area contributed by atoms with Crippen LogP contribution in [0.5, 0.6) is 0 Å². The van der Waals surface area contributed by atoms with Crippen molar-refractivity contribution in [3.05, 3.63) is 108 Å². The van der Waals surface area contributed by atoms with E-state index in [4.69, 9.17) is 0 Å². The lowest BCUT2D eigenvalue weighted by Crippen LogP contribution is -2.28. The smallest absolute Gasteiger partial charge is 0.319 e. The molecular weight excluding hydrogens is 434 g/mol. The van der Waals surface area contributed by atoms with Gasteiger partial charge in [0.1, 0.15) is 17.5 Å². The molecule has 168 valence electrons. The average molecular weight is 454 g/mol. The summed E-state index contributed by atoms with van der Waals surface area (Å²) in [5.41, 5.74) is 5.49. The molecule has 0 atom stereocenters. The first kappa shape index (κ1) is 21.3. The third kappa shape index (κ3) is 4.78. The van der Waals surface area contributed by atoms with Crippen LogP contribution in [0.25, 0.3) is 33.5 Å². The van der Waals surface area contributed by atoms with Crippen LogP contribution in [0.2, 0.25) is 0 Å². The van der Waals surface area contributed by atoms with Crippen molar-refractivity contribution in [1.82, 2.24) is 15.3 Å². The van der Waals surface area contributed by atoms with Gasteiger partial charge in [0.05, 0.1) is 11.0 Å². The molecule has 0 fully saturated rings. The summed E-state index contributed by atoms with van der Waals surface area (Å²) in [7, 11) is 0. The van der Waals surface area contributed by atoms with Crippen LogP contribution < -0.4 is 10.6 Å². The van der Waals surface area contributed by atoms with Crippen LogP contribution in [-0.4, -0.2) is 16.0 Å². The number of anilines is 1. The van der Waals surface area contributed by atoms with E-state index in [1.54, 1.807) is 18.2 Å². The van der Waals surface area contributed by atoms with Crippen LogP contribution in [0.4, 0.5) is 19.3 Å². The summed E-state index contributed by atoms with van der Waals surface area (Å²) in [6.07, 6.45) is 0. The number of aromatic nitrogens is 2. The van der Waals surface area contributed by atoms with Crippen LogP contribution >= 0.6 is 0 Å². The number of carbonyl (C=O) groups is 1. The zero-order valence-corrected chi connectivity index (χ0v) is 18.0. The number of nitrogens with zero attached hydrogens (tertiary/aromatic N) is 1. The molecule has 0 bridgehead atoms. The van der Waals surface area contributed by atoms with Gasteiger partial charge in [0, 0.05) is 17.8 Å². The number of hydrogen-bond acceptors (Lipinski definition) is 2. The number of benzene rings is 4. The summed E-state index contributed by atoms with van der Waals surface area (Å²) in [5, 5.41) is 5.48. The number of H-pyrrole nitrogens is 1. The normalized spacial score (nSPS) is 10.9. The molecule has 5 rings (SSSR count). The van der Waals surface area contributed by atoms with Gasteiger partial charge in [0.25, 0.3) is 0 Å². The van der Waals surface area contributed by atoms with E-state index in [2.05, 4.69) is 20.6 Å². The van der Waals surface area contributed by atoms with Crippen molar-refractivity contribution in [2.24, 2.45) is 0 Å². The lowest BCUT2D eigenvalue weighted by atomic mass is 10.0. The zero-order valence-electron chi connectivity index (χ0n) is 18.0. The van der Waals surface area contributed by atoms with Crippen molar-refractivity contribution in [2.45, 2.75) is 6.54 Å². The summed E-state index contributed by atoms with van der Waals surface area (Å²) in [6.45, 7) is 0.225. The Kier molecular flexibility index (Phi) is 5.74. The van der Waals surface area contributed by atoms with Crippen LogP contribution in [0.3, 0.4) is 0 Å². The van der Waals surface area contributed by atoms with Crippen LogP contribution in [-0.2, 0) is 6.54 Å². The van der Waals surface area contributed by atoms with Gasteiger partial charge in [0.15, 0.2) is 0 Å². The number of fused-ring (bicyclic) bond motifs is 1. The molecule has 7 heteroatoms. The van der Waals surface area contributed by atoms with Gasteiger partial charge < -0.3 is 15.6 Å². The van der Waals surface area contributed by atoms with Crippen molar-refractivity contribution in [3.63, 3.8) is 0 Å². The predicted molar refractivity (Wildman–Crippen MR) is 129 cm³/mol. The second kappa shape index (κ2) is 9.15. The molecule has 5 aromatic rings. The Hall–Kier alpha value is -4.52. The first-order valence-electron chi connectivity index (χ1n) is 10.7. The molecule has 2 amide bonds. The summed E-state index contributed by atoms with van der Waals surface area (Å²) in [5.74, 6) is 0.0112. The summed E-state index contributed by atoms with van der Waals surface area (Å²) >= 11 is 0. The number of hydrogen-bond donors (Lipinski definition) is 3. The summed E-state index contributed by atoms with van der Waals surface area (Å²) in [6, 6.07) is 25.5. The summed E-state index contributed by atoms with van der Waals surface area (Å²) < 4.78 is 26.7. The molecule has 0 aliphatic carbocycles. The quantitative estimate of drug-likeness (QED) is 0.284. The third-order valence-electron chi connectivity index (χ3n) is 5.40. The Labute approximate surface area is 194 Å².